The van der Waals surface area contributed by atoms with Gasteiger partial charge in [0.25, 0.3) is 5.56 Å². The molecule has 1 amide bonds. The molecule has 0 atom stereocenters. The molecule has 0 spiro atoms. The highest BCUT2D eigenvalue weighted by atomic mass is 35.5. The predicted octanol–water partition coefficient (Wildman–Crippen LogP) is 3.32. The van der Waals surface area contributed by atoms with Crippen molar-refractivity contribution in [2.24, 2.45) is 0 Å². The summed E-state index contributed by atoms with van der Waals surface area (Å²) in [4.78, 5) is 33.0. The van der Waals surface area contributed by atoms with Crippen molar-refractivity contribution in [3.63, 3.8) is 0 Å². The predicted molar refractivity (Wildman–Crippen MR) is 103 cm³/mol. The zero-order valence-electron chi connectivity index (χ0n) is 13.8. The minimum Gasteiger partial charge on any atom is -0.323 e. The number of thioether (sulfide) groups is 1. The van der Waals surface area contributed by atoms with E-state index in [1.54, 1.807) is 25.3 Å². The first-order valence-electron chi connectivity index (χ1n) is 7.74. The fraction of sp³-hybridized carbons (Fsp3) is 0.111. The van der Waals surface area contributed by atoms with Crippen molar-refractivity contribution in [2.75, 3.05) is 11.1 Å². The van der Waals surface area contributed by atoms with Crippen LogP contribution in [0, 0.1) is 6.92 Å². The van der Waals surface area contributed by atoms with Gasteiger partial charge in [-0.05, 0) is 31.2 Å². The monoisotopic (exact) mass is 386 g/mol. The maximum atomic E-state index is 12.4. The van der Waals surface area contributed by atoms with Crippen LogP contribution in [0.15, 0.2) is 64.7 Å². The Morgan fingerprint density at radius 2 is 2.00 bits per heavy atom. The Kier molecular flexibility index (Phi) is 5.70. The molecule has 0 unspecified atom stereocenters. The fourth-order valence-corrected chi connectivity index (χ4v) is 3.31. The van der Waals surface area contributed by atoms with Gasteiger partial charge in [0.15, 0.2) is 10.3 Å². The first kappa shape index (κ1) is 18.2. The Morgan fingerprint density at radius 3 is 2.73 bits per heavy atom. The lowest BCUT2D eigenvalue weighted by Crippen LogP contribution is -2.22. The molecule has 0 saturated carbocycles. The molecule has 1 N–H and O–H groups in total. The van der Waals surface area contributed by atoms with Crippen molar-refractivity contribution in [3.05, 3.63) is 75.9 Å². The van der Waals surface area contributed by atoms with Gasteiger partial charge >= 0.3 is 0 Å². The van der Waals surface area contributed by atoms with Gasteiger partial charge in [-0.2, -0.15) is 0 Å². The van der Waals surface area contributed by atoms with E-state index in [1.165, 1.54) is 22.4 Å². The standard InChI is InChI=1S/C18H15ClN4O2S/c1-12-10-16(25)23(13-6-3-2-4-7-13)18(21-12)26-11-15(24)22-14-8-5-9-20-17(14)19/h2-10H,11H2,1H3,(H,22,24). The number of aromatic nitrogens is 3. The Morgan fingerprint density at radius 1 is 1.23 bits per heavy atom. The number of carbonyl (C=O) groups excluding carboxylic acids is 1. The molecule has 6 nitrogen and oxygen atoms in total. The minimum absolute atomic E-state index is 0.0773. The lowest BCUT2D eigenvalue weighted by atomic mass is 10.3. The van der Waals surface area contributed by atoms with Gasteiger partial charge < -0.3 is 5.32 Å². The number of hydrogen-bond donors (Lipinski definition) is 1. The number of rotatable bonds is 5. The van der Waals surface area contributed by atoms with Gasteiger partial charge in [0.05, 0.1) is 17.1 Å². The molecule has 2 aromatic heterocycles. The molecule has 8 heteroatoms. The molecule has 2 heterocycles. The van der Waals surface area contributed by atoms with E-state index in [0.717, 1.165) is 0 Å². The van der Waals surface area contributed by atoms with Crippen molar-refractivity contribution in [1.82, 2.24) is 14.5 Å². The molecule has 0 fully saturated rings. The summed E-state index contributed by atoms with van der Waals surface area (Å²) in [6, 6.07) is 14.0. The van der Waals surface area contributed by atoms with E-state index in [2.05, 4.69) is 15.3 Å². The lowest BCUT2D eigenvalue weighted by molar-refractivity contribution is -0.113. The quantitative estimate of drug-likeness (QED) is 0.413. The Hall–Kier alpha value is -2.64. The van der Waals surface area contributed by atoms with E-state index in [-0.39, 0.29) is 22.4 Å². The van der Waals surface area contributed by atoms with Crippen LogP contribution in [0.5, 0.6) is 0 Å². The summed E-state index contributed by atoms with van der Waals surface area (Å²) in [6.07, 6.45) is 1.54. The normalized spacial score (nSPS) is 10.5. The molecular formula is C18H15ClN4O2S. The van der Waals surface area contributed by atoms with Gasteiger partial charge in [0, 0.05) is 18.0 Å². The number of anilines is 1. The number of para-hydroxylation sites is 1. The molecule has 3 rings (SSSR count). The number of benzene rings is 1. The number of nitrogens with one attached hydrogen (secondary N) is 1. The summed E-state index contributed by atoms with van der Waals surface area (Å²) in [5.41, 5.74) is 1.54. The topological polar surface area (TPSA) is 76.9 Å². The van der Waals surface area contributed by atoms with Crippen LogP contribution in [0.1, 0.15) is 5.69 Å². The summed E-state index contributed by atoms with van der Waals surface area (Å²) in [5.74, 6) is -0.186. The van der Waals surface area contributed by atoms with E-state index in [1.807, 2.05) is 30.3 Å². The second-order valence-electron chi connectivity index (χ2n) is 5.37. The number of hydrogen-bond acceptors (Lipinski definition) is 5. The van der Waals surface area contributed by atoms with Crippen molar-refractivity contribution in [3.8, 4) is 5.69 Å². The van der Waals surface area contributed by atoms with Crippen LogP contribution in [-0.2, 0) is 4.79 Å². The van der Waals surface area contributed by atoms with E-state index in [4.69, 9.17) is 11.6 Å². The molecular weight excluding hydrogens is 372 g/mol. The molecule has 0 bridgehead atoms. The maximum Gasteiger partial charge on any atom is 0.258 e. The van der Waals surface area contributed by atoms with Crippen LogP contribution >= 0.6 is 23.4 Å². The summed E-state index contributed by atoms with van der Waals surface area (Å²) >= 11 is 7.12. The van der Waals surface area contributed by atoms with Crippen molar-refractivity contribution in [2.45, 2.75) is 12.1 Å². The van der Waals surface area contributed by atoms with Gasteiger partial charge in [-0.3, -0.25) is 14.2 Å². The molecule has 0 aliphatic heterocycles. The van der Waals surface area contributed by atoms with Gasteiger partial charge in [-0.15, -0.1) is 0 Å². The molecule has 0 saturated heterocycles. The van der Waals surface area contributed by atoms with Gasteiger partial charge in [-0.25, -0.2) is 9.97 Å². The highest BCUT2D eigenvalue weighted by molar-refractivity contribution is 7.99. The summed E-state index contributed by atoms with van der Waals surface area (Å²) in [6.45, 7) is 1.75. The second-order valence-corrected chi connectivity index (χ2v) is 6.67. The summed E-state index contributed by atoms with van der Waals surface area (Å²) < 4.78 is 1.49. The third-order valence-corrected chi connectivity index (χ3v) is 4.64. The number of aryl methyl sites for hydroxylation is 1. The number of amides is 1. The lowest BCUT2D eigenvalue weighted by Gasteiger charge is -2.12. The number of halogens is 1. The van der Waals surface area contributed by atoms with Crippen molar-refractivity contribution >= 4 is 35.0 Å². The zero-order valence-corrected chi connectivity index (χ0v) is 15.4. The smallest absolute Gasteiger partial charge is 0.258 e. The second kappa shape index (κ2) is 8.16. The SMILES string of the molecule is Cc1cc(=O)n(-c2ccccc2)c(SCC(=O)Nc2cccnc2Cl)n1. The minimum atomic E-state index is -0.264. The molecule has 0 aliphatic rings. The number of carbonyl (C=O) groups is 1. The average Bonchev–Trinajstić information content (AvgIpc) is 2.62. The van der Waals surface area contributed by atoms with Gasteiger partial charge in [0.2, 0.25) is 5.91 Å². The molecule has 132 valence electrons. The average molecular weight is 387 g/mol. The number of nitrogens with zero attached hydrogens (tertiary/aromatic N) is 3. The molecule has 0 aliphatic carbocycles. The fourth-order valence-electron chi connectivity index (χ4n) is 2.28. The van der Waals surface area contributed by atoms with Crippen molar-refractivity contribution in [1.29, 1.82) is 0 Å². The van der Waals surface area contributed by atoms with E-state index in [0.29, 0.717) is 22.2 Å². The molecule has 0 radical (unpaired) electrons. The van der Waals surface area contributed by atoms with Gasteiger partial charge in [-0.1, -0.05) is 41.6 Å². The first-order valence-corrected chi connectivity index (χ1v) is 9.10. The summed E-state index contributed by atoms with van der Waals surface area (Å²) in [7, 11) is 0. The molecule has 26 heavy (non-hydrogen) atoms. The van der Waals surface area contributed by atoms with E-state index in [9.17, 15) is 9.59 Å². The van der Waals surface area contributed by atoms with Crippen LogP contribution in [0.2, 0.25) is 5.15 Å². The third kappa shape index (κ3) is 4.30. The Labute approximate surface area is 159 Å². The van der Waals surface area contributed by atoms with E-state index < -0.39 is 0 Å². The van der Waals surface area contributed by atoms with E-state index >= 15 is 0 Å². The van der Waals surface area contributed by atoms with Crippen LogP contribution in [0.3, 0.4) is 0 Å². The first-order chi connectivity index (χ1) is 12.5. The van der Waals surface area contributed by atoms with Gasteiger partial charge in [0.1, 0.15) is 0 Å². The Bertz CT molecular complexity index is 992. The van der Waals surface area contributed by atoms with Crippen LogP contribution in [0.25, 0.3) is 5.69 Å². The van der Waals surface area contributed by atoms with Crippen LogP contribution in [0.4, 0.5) is 5.69 Å². The van der Waals surface area contributed by atoms with Crippen LogP contribution < -0.4 is 10.9 Å². The Balaban J connectivity index is 1.81. The summed E-state index contributed by atoms with van der Waals surface area (Å²) in [5, 5.41) is 3.37. The molecule has 3 aromatic rings. The zero-order chi connectivity index (χ0) is 18.5. The molecule has 1 aromatic carbocycles. The highest BCUT2D eigenvalue weighted by Gasteiger charge is 2.13. The van der Waals surface area contributed by atoms with Crippen LogP contribution in [-0.4, -0.2) is 26.2 Å². The largest absolute Gasteiger partial charge is 0.323 e. The maximum absolute atomic E-state index is 12.4. The highest BCUT2D eigenvalue weighted by Crippen LogP contribution is 2.21. The third-order valence-electron chi connectivity index (χ3n) is 3.40. The van der Waals surface area contributed by atoms with Crippen molar-refractivity contribution < 1.29 is 4.79 Å². The number of pyridine rings is 1.